The van der Waals surface area contributed by atoms with Crippen molar-refractivity contribution >= 4 is 5.69 Å². The van der Waals surface area contributed by atoms with Crippen molar-refractivity contribution < 1.29 is 10.2 Å². The fraction of sp³-hybridized carbons (Fsp3) is 0.250. The molecule has 0 saturated carbocycles. The van der Waals surface area contributed by atoms with Crippen LogP contribution in [0.3, 0.4) is 0 Å². The molecule has 0 amide bonds. The molecular weight excluding hydrogens is 238 g/mol. The number of rotatable bonds is 5. The van der Waals surface area contributed by atoms with Crippen LogP contribution in [0.1, 0.15) is 24.5 Å². The van der Waals surface area contributed by atoms with Crippen LogP contribution in [0.4, 0.5) is 5.69 Å². The highest BCUT2D eigenvalue weighted by Gasteiger charge is 2.02. The molecule has 2 aromatic rings. The van der Waals surface area contributed by atoms with Crippen molar-refractivity contribution in [2.45, 2.75) is 26.3 Å². The summed E-state index contributed by atoms with van der Waals surface area (Å²) < 4.78 is 0. The zero-order valence-electron chi connectivity index (χ0n) is 11.1. The van der Waals surface area contributed by atoms with E-state index < -0.39 is 0 Å². The van der Waals surface area contributed by atoms with Crippen molar-refractivity contribution in [1.82, 2.24) is 0 Å². The minimum absolute atomic E-state index is 0.0742. The van der Waals surface area contributed by atoms with Gasteiger partial charge in [0.1, 0.15) is 11.5 Å². The lowest BCUT2D eigenvalue weighted by Gasteiger charge is -2.09. The van der Waals surface area contributed by atoms with Gasteiger partial charge in [0.25, 0.3) is 0 Å². The largest absolute Gasteiger partial charge is 0.508 e. The van der Waals surface area contributed by atoms with Crippen molar-refractivity contribution in [2.24, 2.45) is 0 Å². The zero-order valence-corrected chi connectivity index (χ0v) is 11.1. The first-order valence-electron chi connectivity index (χ1n) is 6.52. The highest BCUT2D eigenvalue weighted by atomic mass is 16.3. The number of phenolic OH excluding ortho intramolecular Hbond substituents is 2. The van der Waals surface area contributed by atoms with Crippen molar-refractivity contribution in [2.75, 3.05) is 5.32 Å². The van der Waals surface area contributed by atoms with Crippen LogP contribution < -0.4 is 5.32 Å². The Labute approximate surface area is 113 Å². The average Bonchev–Trinajstić information content (AvgIpc) is 2.40. The molecule has 2 aromatic carbocycles. The standard InChI is InChI=1S/C16H19NO2/c1-2-3-12-4-7-14(8-5-12)17-11-13-6-9-15(18)10-16(13)19/h4-10,17-19H,2-3,11H2,1H3. The van der Waals surface area contributed by atoms with E-state index in [0.717, 1.165) is 24.1 Å². The Balaban J connectivity index is 1.98. The molecule has 100 valence electrons. The molecular formula is C16H19NO2. The van der Waals surface area contributed by atoms with E-state index in [1.807, 2.05) is 12.1 Å². The van der Waals surface area contributed by atoms with Gasteiger partial charge in [-0.3, -0.25) is 0 Å². The molecule has 0 unspecified atom stereocenters. The number of nitrogens with one attached hydrogen (secondary N) is 1. The summed E-state index contributed by atoms with van der Waals surface area (Å²) in [6, 6.07) is 12.9. The van der Waals surface area contributed by atoms with Crippen LogP contribution in [0.2, 0.25) is 0 Å². The highest BCUT2D eigenvalue weighted by molar-refractivity contribution is 5.47. The lowest BCUT2D eigenvalue weighted by Crippen LogP contribution is -1.99. The van der Waals surface area contributed by atoms with E-state index in [2.05, 4.69) is 24.4 Å². The second kappa shape index (κ2) is 6.14. The van der Waals surface area contributed by atoms with E-state index in [1.54, 1.807) is 12.1 Å². The normalized spacial score (nSPS) is 10.4. The molecule has 0 aromatic heterocycles. The topological polar surface area (TPSA) is 52.5 Å². The van der Waals surface area contributed by atoms with Gasteiger partial charge in [-0.15, -0.1) is 0 Å². The van der Waals surface area contributed by atoms with Gasteiger partial charge >= 0.3 is 0 Å². The van der Waals surface area contributed by atoms with Gasteiger partial charge < -0.3 is 15.5 Å². The van der Waals surface area contributed by atoms with Crippen molar-refractivity contribution in [3.63, 3.8) is 0 Å². The molecule has 0 fully saturated rings. The zero-order chi connectivity index (χ0) is 13.7. The third kappa shape index (κ3) is 3.65. The van der Waals surface area contributed by atoms with E-state index in [-0.39, 0.29) is 11.5 Å². The van der Waals surface area contributed by atoms with Crippen LogP contribution in [0.25, 0.3) is 0 Å². The molecule has 19 heavy (non-hydrogen) atoms. The number of aromatic hydroxyl groups is 2. The van der Waals surface area contributed by atoms with Gasteiger partial charge in [0, 0.05) is 23.9 Å². The molecule has 2 rings (SSSR count). The second-order valence-corrected chi connectivity index (χ2v) is 4.61. The van der Waals surface area contributed by atoms with Crippen molar-refractivity contribution in [3.8, 4) is 11.5 Å². The predicted octanol–water partition coefficient (Wildman–Crippen LogP) is 3.66. The van der Waals surface area contributed by atoms with Crippen LogP contribution in [0.15, 0.2) is 42.5 Å². The van der Waals surface area contributed by atoms with Gasteiger partial charge in [-0.2, -0.15) is 0 Å². The molecule has 0 bridgehead atoms. The maximum absolute atomic E-state index is 9.68. The monoisotopic (exact) mass is 257 g/mol. The molecule has 0 aliphatic carbocycles. The number of anilines is 1. The summed E-state index contributed by atoms with van der Waals surface area (Å²) in [4.78, 5) is 0. The maximum Gasteiger partial charge on any atom is 0.124 e. The Morgan fingerprint density at radius 2 is 1.74 bits per heavy atom. The SMILES string of the molecule is CCCc1ccc(NCc2ccc(O)cc2O)cc1. The van der Waals surface area contributed by atoms with E-state index in [9.17, 15) is 10.2 Å². The third-order valence-corrected chi connectivity index (χ3v) is 3.04. The first-order chi connectivity index (χ1) is 9.19. The summed E-state index contributed by atoms with van der Waals surface area (Å²) in [5.41, 5.74) is 3.11. The lowest BCUT2D eigenvalue weighted by atomic mass is 10.1. The predicted molar refractivity (Wildman–Crippen MR) is 77.5 cm³/mol. The van der Waals surface area contributed by atoms with Gasteiger partial charge in [-0.05, 0) is 36.2 Å². The van der Waals surface area contributed by atoms with Gasteiger partial charge in [0.2, 0.25) is 0 Å². The van der Waals surface area contributed by atoms with Crippen LogP contribution in [-0.2, 0) is 13.0 Å². The highest BCUT2D eigenvalue weighted by Crippen LogP contribution is 2.23. The van der Waals surface area contributed by atoms with E-state index in [4.69, 9.17) is 0 Å². The van der Waals surface area contributed by atoms with Crippen LogP contribution >= 0.6 is 0 Å². The molecule has 0 saturated heterocycles. The third-order valence-electron chi connectivity index (χ3n) is 3.04. The summed E-state index contributed by atoms with van der Waals surface area (Å²) in [6.07, 6.45) is 2.24. The number of hydrogen-bond donors (Lipinski definition) is 3. The maximum atomic E-state index is 9.68. The van der Waals surface area contributed by atoms with Gasteiger partial charge in [-0.1, -0.05) is 25.5 Å². The molecule has 3 N–H and O–H groups in total. The summed E-state index contributed by atoms with van der Waals surface area (Å²) in [7, 11) is 0. The average molecular weight is 257 g/mol. The Bertz CT molecular complexity index is 535. The van der Waals surface area contributed by atoms with Crippen LogP contribution in [0.5, 0.6) is 11.5 Å². The van der Waals surface area contributed by atoms with Gasteiger partial charge in [-0.25, -0.2) is 0 Å². The van der Waals surface area contributed by atoms with Crippen LogP contribution in [0, 0.1) is 0 Å². The summed E-state index contributed by atoms with van der Waals surface area (Å²) in [6.45, 7) is 2.69. The summed E-state index contributed by atoms with van der Waals surface area (Å²) in [5.74, 6) is 0.181. The summed E-state index contributed by atoms with van der Waals surface area (Å²) >= 11 is 0. The molecule has 0 aliphatic heterocycles. The Kier molecular flexibility index (Phi) is 4.29. The fourth-order valence-electron chi connectivity index (χ4n) is 1.98. The number of phenols is 2. The van der Waals surface area contributed by atoms with Gasteiger partial charge in [0.15, 0.2) is 0 Å². The first kappa shape index (κ1) is 13.3. The molecule has 0 atom stereocenters. The Morgan fingerprint density at radius 1 is 1.00 bits per heavy atom. The number of hydrogen-bond acceptors (Lipinski definition) is 3. The minimum Gasteiger partial charge on any atom is -0.508 e. The fourth-order valence-corrected chi connectivity index (χ4v) is 1.98. The minimum atomic E-state index is 0.0742. The Hall–Kier alpha value is -2.16. The smallest absolute Gasteiger partial charge is 0.124 e. The van der Waals surface area contributed by atoms with Crippen molar-refractivity contribution in [3.05, 3.63) is 53.6 Å². The second-order valence-electron chi connectivity index (χ2n) is 4.61. The van der Waals surface area contributed by atoms with E-state index in [1.165, 1.54) is 11.6 Å². The molecule has 0 heterocycles. The summed E-state index contributed by atoms with van der Waals surface area (Å²) in [5, 5.41) is 22.2. The van der Waals surface area contributed by atoms with Crippen LogP contribution in [-0.4, -0.2) is 10.2 Å². The number of aryl methyl sites for hydroxylation is 1. The molecule has 0 aliphatic rings. The first-order valence-corrected chi connectivity index (χ1v) is 6.52. The van der Waals surface area contributed by atoms with Crippen molar-refractivity contribution in [1.29, 1.82) is 0 Å². The lowest BCUT2D eigenvalue weighted by molar-refractivity contribution is 0.446. The number of benzene rings is 2. The van der Waals surface area contributed by atoms with E-state index >= 15 is 0 Å². The molecule has 3 heteroatoms. The Morgan fingerprint density at radius 3 is 2.37 bits per heavy atom. The van der Waals surface area contributed by atoms with E-state index in [0.29, 0.717) is 6.54 Å². The molecule has 3 nitrogen and oxygen atoms in total. The molecule has 0 radical (unpaired) electrons. The quantitative estimate of drug-likeness (QED) is 0.766. The molecule has 0 spiro atoms. The van der Waals surface area contributed by atoms with Gasteiger partial charge in [0.05, 0.1) is 0 Å².